The third kappa shape index (κ3) is 6.19. The maximum absolute atomic E-state index is 12.8. The minimum absolute atomic E-state index is 0.0855. The molecule has 1 aliphatic carbocycles. The van der Waals surface area contributed by atoms with Gasteiger partial charge in [-0.2, -0.15) is 0 Å². The van der Waals surface area contributed by atoms with Gasteiger partial charge in [-0.15, -0.1) is 0 Å². The Hall–Kier alpha value is -2.37. The summed E-state index contributed by atoms with van der Waals surface area (Å²) in [6, 6.07) is 16.0. The maximum Gasteiger partial charge on any atom is 0.230 e. The first-order valence-corrected chi connectivity index (χ1v) is 13.0. The van der Waals surface area contributed by atoms with E-state index in [1.165, 1.54) is 5.56 Å². The number of piperidine rings is 1. The van der Waals surface area contributed by atoms with Gasteiger partial charge in [0.15, 0.2) is 0 Å². The second-order valence-corrected chi connectivity index (χ2v) is 10.2. The predicted molar refractivity (Wildman–Crippen MR) is 138 cm³/mol. The van der Waals surface area contributed by atoms with Crippen molar-refractivity contribution < 1.29 is 9.59 Å². The molecule has 2 N–H and O–H groups in total. The third-order valence-corrected chi connectivity index (χ3v) is 7.48. The molecule has 4 rings (SSSR count). The molecule has 1 saturated heterocycles. The summed E-state index contributed by atoms with van der Waals surface area (Å²) < 4.78 is 0. The first-order chi connectivity index (χ1) is 16.5. The number of rotatable bonds is 10. The van der Waals surface area contributed by atoms with E-state index in [0.717, 1.165) is 69.4 Å². The Kier molecular flexibility index (Phi) is 8.28. The van der Waals surface area contributed by atoms with Crippen LogP contribution in [0.3, 0.4) is 0 Å². The Bertz CT molecular complexity index is 979. The van der Waals surface area contributed by atoms with E-state index >= 15 is 0 Å². The summed E-state index contributed by atoms with van der Waals surface area (Å²) >= 11 is 6.00. The Balaban J connectivity index is 1.17. The van der Waals surface area contributed by atoms with Crippen LogP contribution >= 0.6 is 11.6 Å². The molecule has 5 nitrogen and oxygen atoms in total. The van der Waals surface area contributed by atoms with E-state index in [2.05, 4.69) is 27.7 Å². The third-order valence-electron chi connectivity index (χ3n) is 7.22. The first kappa shape index (κ1) is 24.7. The minimum atomic E-state index is -0.340. The monoisotopic (exact) mass is 481 g/mol. The van der Waals surface area contributed by atoms with E-state index in [4.69, 9.17) is 11.6 Å². The number of carbonyl (C=O) groups excluding carboxylic acids is 2. The molecule has 1 saturated carbocycles. The van der Waals surface area contributed by atoms with Crippen LogP contribution in [0.5, 0.6) is 0 Å². The van der Waals surface area contributed by atoms with Crippen molar-refractivity contribution in [1.29, 1.82) is 0 Å². The largest absolute Gasteiger partial charge is 0.355 e. The van der Waals surface area contributed by atoms with Crippen molar-refractivity contribution in [2.45, 2.75) is 63.2 Å². The summed E-state index contributed by atoms with van der Waals surface area (Å²) in [5, 5.41) is 6.89. The van der Waals surface area contributed by atoms with Crippen molar-refractivity contribution in [2.24, 2.45) is 0 Å². The molecular formula is C28H36ClN3O2. The van der Waals surface area contributed by atoms with Gasteiger partial charge in [0.1, 0.15) is 0 Å². The van der Waals surface area contributed by atoms with Crippen molar-refractivity contribution >= 4 is 29.1 Å². The summed E-state index contributed by atoms with van der Waals surface area (Å²) in [6.07, 6.45) is 6.46. The molecule has 0 unspecified atom stereocenters. The second kappa shape index (κ2) is 11.4. The van der Waals surface area contributed by atoms with Gasteiger partial charge < -0.3 is 15.5 Å². The van der Waals surface area contributed by atoms with Gasteiger partial charge in [-0.05, 0) is 99.5 Å². The SMILES string of the molecule is CCCC(=O)Nc1cccc(C2CCN(CCCNC(=O)C3(c4ccc(Cl)cc4)CC3)CC2)c1. The van der Waals surface area contributed by atoms with Gasteiger partial charge >= 0.3 is 0 Å². The van der Waals surface area contributed by atoms with Crippen LogP contribution in [0.1, 0.15) is 68.9 Å². The molecule has 0 spiro atoms. The zero-order chi connectivity index (χ0) is 24.0. The van der Waals surface area contributed by atoms with Crippen LogP contribution in [0.15, 0.2) is 48.5 Å². The van der Waals surface area contributed by atoms with Crippen LogP contribution in [-0.4, -0.2) is 42.9 Å². The van der Waals surface area contributed by atoms with E-state index in [9.17, 15) is 9.59 Å². The lowest BCUT2D eigenvalue weighted by Crippen LogP contribution is -2.38. The molecule has 2 aromatic rings. The molecule has 2 fully saturated rings. The van der Waals surface area contributed by atoms with Crippen molar-refractivity contribution in [2.75, 3.05) is 31.5 Å². The molecule has 182 valence electrons. The van der Waals surface area contributed by atoms with Crippen LogP contribution in [0.2, 0.25) is 5.02 Å². The predicted octanol–water partition coefficient (Wildman–Crippen LogP) is 5.50. The average Bonchev–Trinajstić information content (AvgIpc) is 3.65. The number of halogens is 1. The maximum atomic E-state index is 12.8. The Morgan fingerprint density at radius 2 is 1.82 bits per heavy atom. The summed E-state index contributed by atoms with van der Waals surface area (Å²) in [7, 11) is 0. The van der Waals surface area contributed by atoms with E-state index in [0.29, 0.717) is 23.9 Å². The minimum Gasteiger partial charge on any atom is -0.355 e. The van der Waals surface area contributed by atoms with E-state index in [1.807, 2.05) is 43.3 Å². The molecular weight excluding hydrogens is 446 g/mol. The summed E-state index contributed by atoms with van der Waals surface area (Å²) in [5.41, 5.74) is 2.96. The molecule has 0 atom stereocenters. The fraction of sp³-hybridized carbons (Fsp3) is 0.500. The van der Waals surface area contributed by atoms with Crippen molar-refractivity contribution in [3.8, 4) is 0 Å². The van der Waals surface area contributed by atoms with Crippen LogP contribution in [0.4, 0.5) is 5.69 Å². The van der Waals surface area contributed by atoms with Gasteiger partial charge in [-0.1, -0.05) is 42.8 Å². The lowest BCUT2D eigenvalue weighted by atomic mass is 9.89. The number of anilines is 1. The molecule has 2 aliphatic rings. The normalized spacial score (nSPS) is 17.8. The molecule has 34 heavy (non-hydrogen) atoms. The number of hydrogen-bond acceptors (Lipinski definition) is 3. The zero-order valence-corrected chi connectivity index (χ0v) is 20.9. The Morgan fingerprint density at radius 1 is 1.09 bits per heavy atom. The van der Waals surface area contributed by atoms with Crippen molar-refractivity contribution in [3.63, 3.8) is 0 Å². The molecule has 1 heterocycles. The fourth-order valence-electron chi connectivity index (χ4n) is 5.03. The van der Waals surface area contributed by atoms with Gasteiger partial charge in [0, 0.05) is 23.7 Å². The first-order valence-electron chi connectivity index (χ1n) is 12.7. The van der Waals surface area contributed by atoms with Crippen LogP contribution in [-0.2, 0) is 15.0 Å². The zero-order valence-electron chi connectivity index (χ0n) is 20.1. The highest BCUT2D eigenvalue weighted by molar-refractivity contribution is 6.30. The standard InChI is InChI=1S/C28H36ClN3O2/c1-2-5-26(33)31-25-7-3-6-22(20-25)21-12-18-32(19-13-21)17-4-16-30-27(34)28(14-15-28)23-8-10-24(29)11-9-23/h3,6-11,20-21H,2,4-5,12-19H2,1H3,(H,30,34)(H,31,33). The van der Waals surface area contributed by atoms with Gasteiger partial charge in [0.05, 0.1) is 5.41 Å². The molecule has 1 aliphatic heterocycles. The molecule has 0 bridgehead atoms. The van der Waals surface area contributed by atoms with Gasteiger partial charge in [-0.25, -0.2) is 0 Å². The van der Waals surface area contributed by atoms with Crippen LogP contribution in [0.25, 0.3) is 0 Å². The summed E-state index contributed by atoms with van der Waals surface area (Å²) in [5.74, 6) is 0.773. The fourth-order valence-corrected chi connectivity index (χ4v) is 5.15. The lowest BCUT2D eigenvalue weighted by molar-refractivity contribution is -0.123. The molecule has 6 heteroatoms. The van der Waals surface area contributed by atoms with E-state index < -0.39 is 0 Å². The molecule has 0 aromatic heterocycles. The average molecular weight is 482 g/mol. The van der Waals surface area contributed by atoms with Gasteiger partial charge in [0.2, 0.25) is 11.8 Å². The van der Waals surface area contributed by atoms with E-state index in [-0.39, 0.29) is 17.2 Å². The van der Waals surface area contributed by atoms with Crippen LogP contribution in [0, 0.1) is 0 Å². The quantitative estimate of drug-likeness (QED) is 0.441. The van der Waals surface area contributed by atoms with E-state index in [1.54, 1.807) is 0 Å². The molecule has 2 aromatic carbocycles. The highest BCUT2D eigenvalue weighted by atomic mass is 35.5. The highest BCUT2D eigenvalue weighted by Gasteiger charge is 2.50. The smallest absolute Gasteiger partial charge is 0.230 e. The lowest BCUT2D eigenvalue weighted by Gasteiger charge is -2.32. The number of amides is 2. The number of nitrogens with zero attached hydrogens (tertiary/aromatic N) is 1. The number of carbonyl (C=O) groups is 2. The van der Waals surface area contributed by atoms with Gasteiger partial charge in [0.25, 0.3) is 0 Å². The highest BCUT2D eigenvalue weighted by Crippen LogP contribution is 2.48. The number of hydrogen-bond donors (Lipinski definition) is 2. The van der Waals surface area contributed by atoms with Crippen LogP contribution < -0.4 is 10.6 Å². The summed E-state index contributed by atoms with van der Waals surface area (Å²) in [6.45, 7) is 5.88. The Labute approximate surface area is 208 Å². The number of benzene rings is 2. The number of nitrogens with one attached hydrogen (secondary N) is 2. The van der Waals surface area contributed by atoms with Gasteiger partial charge in [-0.3, -0.25) is 9.59 Å². The topological polar surface area (TPSA) is 61.4 Å². The molecule has 2 amide bonds. The summed E-state index contributed by atoms with van der Waals surface area (Å²) in [4.78, 5) is 27.2. The second-order valence-electron chi connectivity index (χ2n) is 9.74. The Morgan fingerprint density at radius 3 is 2.50 bits per heavy atom. The van der Waals surface area contributed by atoms with Crippen molar-refractivity contribution in [3.05, 3.63) is 64.7 Å². The number of likely N-dealkylation sites (tertiary alicyclic amines) is 1. The van der Waals surface area contributed by atoms with Crippen molar-refractivity contribution in [1.82, 2.24) is 10.2 Å². The molecule has 0 radical (unpaired) electrons.